The van der Waals surface area contributed by atoms with E-state index < -0.39 is 11.5 Å². The second-order valence-electron chi connectivity index (χ2n) is 11.7. The Bertz CT molecular complexity index is 1190. The van der Waals surface area contributed by atoms with Crippen molar-refractivity contribution in [2.24, 2.45) is 11.8 Å². The molecule has 0 saturated heterocycles. The van der Waals surface area contributed by atoms with Gasteiger partial charge in [-0.2, -0.15) is 0 Å². The summed E-state index contributed by atoms with van der Waals surface area (Å²) in [6.45, 7) is 4.01. The Morgan fingerprint density at radius 1 is 1.02 bits per heavy atom. The normalized spacial score (nSPS) is 23.9. The average molecular weight is 547 g/mol. The van der Waals surface area contributed by atoms with E-state index in [9.17, 15) is 19.5 Å². The number of aliphatic hydroxyl groups excluding tert-OH is 1. The topological polar surface area (TPSA) is 95.9 Å². The monoisotopic (exact) mass is 546 g/mol. The molecule has 2 amide bonds. The number of hydrogen-bond donors (Lipinski definition) is 2. The lowest BCUT2D eigenvalue weighted by Gasteiger charge is -2.37. The fourth-order valence-electron chi connectivity index (χ4n) is 5.56. The van der Waals surface area contributed by atoms with Gasteiger partial charge in [-0.3, -0.25) is 14.4 Å². The second-order valence-corrected chi connectivity index (χ2v) is 11.7. The summed E-state index contributed by atoms with van der Waals surface area (Å²) in [6, 6.07) is 17.6. The smallest absolute Gasteiger partial charge is 0.309 e. The Hall–Kier alpha value is -3.45. The fourth-order valence-corrected chi connectivity index (χ4v) is 5.56. The Kier molecular flexibility index (Phi) is 10.2. The molecule has 2 aliphatic heterocycles. The number of esters is 1. The molecule has 2 aromatic carbocycles. The summed E-state index contributed by atoms with van der Waals surface area (Å²) in [5, 5.41) is 13.0. The number of aliphatic hydroxyl groups is 1. The van der Waals surface area contributed by atoms with Crippen LogP contribution in [0.1, 0.15) is 62.6 Å². The van der Waals surface area contributed by atoms with E-state index in [1.165, 1.54) is 0 Å². The maximum atomic E-state index is 13.5. The molecule has 2 N–H and O–H groups in total. The maximum Gasteiger partial charge on any atom is 0.309 e. The maximum absolute atomic E-state index is 13.5. The van der Waals surface area contributed by atoms with Crippen molar-refractivity contribution >= 4 is 17.8 Å². The molecule has 2 aromatic rings. The molecule has 0 aromatic heterocycles. The number of ether oxygens (including phenoxy) is 1. The van der Waals surface area contributed by atoms with E-state index in [0.29, 0.717) is 32.2 Å². The van der Waals surface area contributed by atoms with Crippen LogP contribution < -0.4 is 5.32 Å². The molecule has 40 heavy (non-hydrogen) atoms. The molecular weight excluding hydrogens is 504 g/mol. The number of nitrogens with zero attached hydrogens (tertiary/aromatic N) is 1. The van der Waals surface area contributed by atoms with Gasteiger partial charge in [0.2, 0.25) is 11.8 Å². The van der Waals surface area contributed by atoms with Gasteiger partial charge in [-0.15, -0.1) is 0 Å². The molecule has 0 bridgehead atoms. The lowest BCUT2D eigenvalue weighted by Crippen LogP contribution is -2.51. The Morgan fingerprint density at radius 2 is 1.75 bits per heavy atom. The van der Waals surface area contributed by atoms with Crippen molar-refractivity contribution in [3.8, 4) is 0 Å². The largest absolute Gasteiger partial charge is 0.463 e. The zero-order valence-corrected chi connectivity index (χ0v) is 23.7. The average Bonchev–Trinajstić information content (AvgIpc) is 2.95. The highest BCUT2D eigenvalue weighted by Gasteiger charge is 2.34. The molecule has 0 fully saturated rings. The third-order valence-corrected chi connectivity index (χ3v) is 7.88. The van der Waals surface area contributed by atoms with Gasteiger partial charge in [0.15, 0.2) is 0 Å². The first-order valence-electron chi connectivity index (χ1n) is 14.4. The van der Waals surface area contributed by atoms with Crippen LogP contribution in [0.25, 0.3) is 0 Å². The Morgan fingerprint density at radius 3 is 2.50 bits per heavy atom. The standard InChI is InChI=1S/C33H42N2O5/c1-33(2)23-40-32(39)27(18-24-12-6-5-7-13-24)16-9-4-3-8-15-26(31(38)34-33)20-30(37)35-21-28-17-11-10-14-25(28)19-29(35)22-36/h3,5-8,10-14,17,26-27,29,36H,4,9,15-16,18-23H2,1-2H3,(H,34,38). The van der Waals surface area contributed by atoms with E-state index >= 15 is 0 Å². The van der Waals surface area contributed by atoms with E-state index in [4.69, 9.17) is 4.74 Å². The van der Waals surface area contributed by atoms with Crippen molar-refractivity contribution < 1.29 is 24.2 Å². The van der Waals surface area contributed by atoms with Crippen LogP contribution in [-0.2, 0) is 38.5 Å². The van der Waals surface area contributed by atoms with Crippen LogP contribution in [0.2, 0.25) is 0 Å². The number of fused-ring (bicyclic) bond motifs is 1. The van der Waals surface area contributed by atoms with Crippen molar-refractivity contribution in [1.82, 2.24) is 10.2 Å². The molecule has 7 heteroatoms. The van der Waals surface area contributed by atoms with Crippen LogP contribution in [-0.4, -0.2) is 52.6 Å². The first-order chi connectivity index (χ1) is 19.3. The molecule has 0 spiro atoms. The number of amides is 2. The van der Waals surface area contributed by atoms with Gasteiger partial charge in [0.05, 0.1) is 30.0 Å². The molecule has 4 rings (SSSR count). The van der Waals surface area contributed by atoms with E-state index in [2.05, 4.69) is 5.32 Å². The molecule has 0 aliphatic carbocycles. The molecule has 0 saturated carbocycles. The molecule has 2 heterocycles. The van der Waals surface area contributed by atoms with Gasteiger partial charge in [0.25, 0.3) is 0 Å². The number of carbonyl (C=O) groups excluding carboxylic acids is 3. The SMILES string of the molecule is CC1(C)COC(=O)C(Cc2ccccc2)CCCC=CCC(CC(=O)N2Cc3ccccc3CC2CO)C(=O)N1. The number of cyclic esters (lactones) is 1. The van der Waals surface area contributed by atoms with Crippen LogP contribution in [0.3, 0.4) is 0 Å². The Balaban J connectivity index is 1.45. The molecule has 3 atom stereocenters. The molecule has 214 valence electrons. The number of allylic oxidation sites excluding steroid dienone is 2. The van der Waals surface area contributed by atoms with Gasteiger partial charge in [-0.25, -0.2) is 0 Å². The zero-order chi connectivity index (χ0) is 28.5. The summed E-state index contributed by atoms with van der Waals surface area (Å²) in [4.78, 5) is 41.7. The number of benzene rings is 2. The molecule has 0 radical (unpaired) electrons. The molecule has 7 nitrogen and oxygen atoms in total. The minimum Gasteiger partial charge on any atom is -0.463 e. The van der Waals surface area contributed by atoms with Crippen LogP contribution in [0.4, 0.5) is 0 Å². The van der Waals surface area contributed by atoms with Crippen molar-refractivity contribution in [2.75, 3.05) is 13.2 Å². The third kappa shape index (κ3) is 8.04. The van der Waals surface area contributed by atoms with Gasteiger partial charge in [0.1, 0.15) is 6.61 Å². The van der Waals surface area contributed by atoms with Crippen LogP contribution in [0.5, 0.6) is 0 Å². The number of carbonyl (C=O) groups is 3. The summed E-state index contributed by atoms with van der Waals surface area (Å²) >= 11 is 0. The van der Waals surface area contributed by atoms with E-state index in [1.807, 2.05) is 80.6 Å². The molecule has 3 unspecified atom stereocenters. The predicted molar refractivity (Wildman–Crippen MR) is 154 cm³/mol. The highest BCUT2D eigenvalue weighted by atomic mass is 16.5. The van der Waals surface area contributed by atoms with Gasteiger partial charge in [-0.05, 0) is 69.1 Å². The first kappa shape index (κ1) is 29.5. The summed E-state index contributed by atoms with van der Waals surface area (Å²) in [6.07, 6.45) is 8.05. The lowest BCUT2D eigenvalue weighted by atomic mass is 9.91. The van der Waals surface area contributed by atoms with E-state index in [-0.39, 0.29) is 49.4 Å². The minimum atomic E-state index is -0.795. The van der Waals surface area contributed by atoms with Crippen LogP contribution >= 0.6 is 0 Å². The van der Waals surface area contributed by atoms with Crippen LogP contribution in [0.15, 0.2) is 66.7 Å². The zero-order valence-electron chi connectivity index (χ0n) is 23.7. The number of rotatable bonds is 5. The summed E-state index contributed by atoms with van der Waals surface area (Å²) in [5.41, 5.74) is 2.52. The number of hydrogen-bond acceptors (Lipinski definition) is 5. The molecule has 2 aliphatic rings. The van der Waals surface area contributed by atoms with Crippen molar-refractivity contribution in [3.05, 3.63) is 83.4 Å². The Labute approximate surface area is 237 Å². The predicted octanol–water partition coefficient (Wildman–Crippen LogP) is 4.37. The van der Waals surface area contributed by atoms with Crippen molar-refractivity contribution in [1.29, 1.82) is 0 Å². The highest BCUT2D eigenvalue weighted by molar-refractivity contribution is 5.86. The molecular formula is C33H42N2O5. The minimum absolute atomic E-state index is 0.0455. The van der Waals surface area contributed by atoms with E-state index in [1.54, 1.807) is 4.90 Å². The van der Waals surface area contributed by atoms with Gasteiger partial charge in [0, 0.05) is 13.0 Å². The quantitative estimate of drug-likeness (QED) is 0.429. The fraction of sp³-hybridized carbons (Fsp3) is 0.485. The highest BCUT2D eigenvalue weighted by Crippen LogP contribution is 2.26. The van der Waals surface area contributed by atoms with E-state index in [0.717, 1.165) is 29.5 Å². The summed E-state index contributed by atoms with van der Waals surface area (Å²) in [7, 11) is 0. The number of nitrogens with one attached hydrogen (secondary N) is 1. The second kappa shape index (κ2) is 13.8. The van der Waals surface area contributed by atoms with Crippen molar-refractivity contribution in [2.45, 2.75) is 76.9 Å². The van der Waals surface area contributed by atoms with Gasteiger partial charge in [-0.1, -0.05) is 66.7 Å². The third-order valence-electron chi connectivity index (χ3n) is 7.88. The lowest BCUT2D eigenvalue weighted by molar-refractivity contribution is -0.151. The summed E-state index contributed by atoms with van der Waals surface area (Å²) < 4.78 is 5.73. The van der Waals surface area contributed by atoms with Gasteiger partial charge < -0.3 is 20.1 Å². The first-order valence-corrected chi connectivity index (χ1v) is 14.4. The van der Waals surface area contributed by atoms with Crippen LogP contribution in [0, 0.1) is 11.8 Å². The summed E-state index contributed by atoms with van der Waals surface area (Å²) in [5.74, 6) is -1.45. The van der Waals surface area contributed by atoms with Crippen molar-refractivity contribution in [3.63, 3.8) is 0 Å². The van der Waals surface area contributed by atoms with Gasteiger partial charge >= 0.3 is 5.97 Å².